The van der Waals surface area contributed by atoms with Crippen LogP contribution in [0.25, 0.3) is 22.3 Å². The Morgan fingerprint density at radius 1 is 1.30 bits per heavy atom. The van der Waals surface area contributed by atoms with Gasteiger partial charge >= 0.3 is 12.6 Å². The molecular weight excluding hydrogens is 290 g/mol. The SMILES string of the molecule is FC(F)Oc1ncc2[nH]nc(-c3cccc(Cl)c3)c2n1. The van der Waals surface area contributed by atoms with E-state index in [9.17, 15) is 8.78 Å². The molecule has 2 aromatic heterocycles. The van der Waals surface area contributed by atoms with E-state index in [1.807, 2.05) is 0 Å². The average molecular weight is 297 g/mol. The monoisotopic (exact) mass is 296 g/mol. The second-order valence-corrected chi connectivity index (χ2v) is 4.31. The molecule has 0 saturated carbocycles. The van der Waals surface area contributed by atoms with Gasteiger partial charge in [-0.1, -0.05) is 23.7 Å². The minimum Gasteiger partial charge on any atom is -0.401 e. The second kappa shape index (κ2) is 5.01. The van der Waals surface area contributed by atoms with Gasteiger partial charge in [0.15, 0.2) is 0 Å². The van der Waals surface area contributed by atoms with Gasteiger partial charge in [0, 0.05) is 10.6 Å². The first kappa shape index (κ1) is 12.7. The van der Waals surface area contributed by atoms with Crippen LogP contribution in [0.2, 0.25) is 5.02 Å². The second-order valence-electron chi connectivity index (χ2n) is 3.88. The van der Waals surface area contributed by atoms with Gasteiger partial charge in [0.1, 0.15) is 16.7 Å². The van der Waals surface area contributed by atoms with Gasteiger partial charge in [0.05, 0.1) is 6.20 Å². The van der Waals surface area contributed by atoms with Crippen LogP contribution in [0.4, 0.5) is 8.78 Å². The molecule has 0 bridgehead atoms. The largest absolute Gasteiger partial charge is 0.401 e. The molecule has 0 aliphatic carbocycles. The van der Waals surface area contributed by atoms with Gasteiger partial charge in [-0.3, -0.25) is 5.10 Å². The molecule has 0 unspecified atom stereocenters. The van der Waals surface area contributed by atoms with E-state index >= 15 is 0 Å². The smallest absolute Gasteiger partial charge is 0.389 e. The highest BCUT2D eigenvalue weighted by Crippen LogP contribution is 2.27. The molecule has 2 heterocycles. The number of aromatic amines is 1. The number of benzene rings is 1. The number of fused-ring (bicyclic) bond motifs is 1. The molecule has 0 saturated heterocycles. The summed E-state index contributed by atoms with van der Waals surface area (Å²) in [6.45, 7) is -2.98. The van der Waals surface area contributed by atoms with Crippen molar-refractivity contribution in [3.8, 4) is 17.3 Å². The van der Waals surface area contributed by atoms with E-state index in [-0.39, 0.29) is 0 Å². The quantitative estimate of drug-likeness (QED) is 0.805. The maximum atomic E-state index is 12.2. The number of nitrogens with one attached hydrogen (secondary N) is 1. The average Bonchev–Trinajstić information content (AvgIpc) is 2.81. The zero-order chi connectivity index (χ0) is 14.1. The number of ether oxygens (including phenoxy) is 1. The number of H-pyrrole nitrogens is 1. The van der Waals surface area contributed by atoms with Crippen LogP contribution >= 0.6 is 11.6 Å². The number of rotatable bonds is 3. The molecule has 0 amide bonds. The maximum absolute atomic E-state index is 12.2. The fourth-order valence-electron chi connectivity index (χ4n) is 1.77. The Morgan fingerprint density at radius 2 is 2.15 bits per heavy atom. The summed E-state index contributed by atoms with van der Waals surface area (Å²) in [4.78, 5) is 7.59. The van der Waals surface area contributed by atoms with Crippen LogP contribution < -0.4 is 4.74 Å². The summed E-state index contributed by atoms with van der Waals surface area (Å²) in [5, 5.41) is 7.36. The van der Waals surface area contributed by atoms with Gasteiger partial charge in [-0.15, -0.1) is 0 Å². The lowest BCUT2D eigenvalue weighted by molar-refractivity contribution is -0.0558. The molecule has 0 atom stereocenters. The number of hydrogen-bond acceptors (Lipinski definition) is 4. The molecule has 1 N–H and O–H groups in total. The lowest BCUT2D eigenvalue weighted by Gasteiger charge is -2.02. The summed E-state index contributed by atoms with van der Waals surface area (Å²) >= 11 is 5.92. The van der Waals surface area contributed by atoms with Crippen molar-refractivity contribution in [3.05, 3.63) is 35.5 Å². The lowest BCUT2D eigenvalue weighted by Crippen LogP contribution is -2.05. The van der Waals surface area contributed by atoms with Crippen molar-refractivity contribution in [3.63, 3.8) is 0 Å². The van der Waals surface area contributed by atoms with Crippen LogP contribution in [-0.2, 0) is 0 Å². The van der Waals surface area contributed by atoms with Crippen molar-refractivity contribution in [2.45, 2.75) is 6.61 Å². The fraction of sp³-hybridized carbons (Fsp3) is 0.0833. The Hall–Kier alpha value is -2.28. The molecule has 0 fully saturated rings. The Bertz CT molecular complexity index is 762. The van der Waals surface area contributed by atoms with Crippen LogP contribution in [0.15, 0.2) is 30.5 Å². The number of halogens is 3. The number of alkyl halides is 2. The first-order valence-electron chi connectivity index (χ1n) is 5.55. The third kappa shape index (κ3) is 2.39. The molecule has 0 spiro atoms. The highest BCUT2D eigenvalue weighted by Gasteiger charge is 2.14. The van der Waals surface area contributed by atoms with E-state index in [1.54, 1.807) is 24.3 Å². The van der Waals surface area contributed by atoms with E-state index < -0.39 is 12.6 Å². The highest BCUT2D eigenvalue weighted by molar-refractivity contribution is 6.30. The summed E-state index contributed by atoms with van der Waals surface area (Å²) < 4.78 is 28.5. The first-order chi connectivity index (χ1) is 9.63. The predicted octanol–water partition coefficient (Wildman–Crippen LogP) is 3.27. The van der Waals surface area contributed by atoms with Gasteiger partial charge in [-0.2, -0.15) is 18.9 Å². The summed E-state index contributed by atoms with van der Waals surface area (Å²) in [5.74, 6) is 0. The molecule has 3 rings (SSSR count). The molecular formula is C12H7ClF2N4O. The van der Waals surface area contributed by atoms with Gasteiger partial charge in [-0.25, -0.2) is 4.98 Å². The molecule has 20 heavy (non-hydrogen) atoms. The number of hydrogen-bond donors (Lipinski definition) is 1. The number of aromatic nitrogens is 4. The lowest BCUT2D eigenvalue weighted by atomic mass is 10.1. The van der Waals surface area contributed by atoms with Crippen molar-refractivity contribution in [1.82, 2.24) is 20.2 Å². The zero-order valence-corrected chi connectivity index (χ0v) is 10.6. The van der Waals surface area contributed by atoms with Crippen molar-refractivity contribution in [2.24, 2.45) is 0 Å². The summed E-state index contributed by atoms with van der Waals surface area (Å²) in [6, 6.07) is 6.57. The van der Waals surface area contributed by atoms with Gasteiger partial charge in [0.25, 0.3) is 0 Å². The first-order valence-corrected chi connectivity index (χ1v) is 5.93. The van der Waals surface area contributed by atoms with Crippen LogP contribution in [0.3, 0.4) is 0 Å². The van der Waals surface area contributed by atoms with Crippen molar-refractivity contribution >= 4 is 22.6 Å². The Labute approximate surface area is 116 Å². The number of nitrogens with zero attached hydrogens (tertiary/aromatic N) is 3. The van der Waals surface area contributed by atoms with Crippen LogP contribution in [0, 0.1) is 0 Å². The fourth-order valence-corrected chi connectivity index (χ4v) is 1.96. The van der Waals surface area contributed by atoms with Crippen LogP contribution in [0.5, 0.6) is 6.01 Å². The standard InChI is InChI=1S/C12H7ClF2N4O/c13-7-3-1-2-6(4-7)9-10-8(18-19-9)5-16-12(17-10)20-11(14)15/h1-5,11H,(H,18,19). The maximum Gasteiger partial charge on any atom is 0.389 e. The Morgan fingerprint density at radius 3 is 2.90 bits per heavy atom. The Kier molecular flexibility index (Phi) is 3.19. The minimum absolute atomic E-state index is 0.387. The third-order valence-corrected chi connectivity index (χ3v) is 2.81. The molecule has 0 aliphatic rings. The zero-order valence-electron chi connectivity index (χ0n) is 9.85. The van der Waals surface area contributed by atoms with Gasteiger partial charge in [-0.05, 0) is 12.1 Å². The van der Waals surface area contributed by atoms with E-state index in [4.69, 9.17) is 11.6 Å². The minimum atomic E-state index is -2.98. The third-order valence-electron chi connectivity index (χ3n) is 2.57. The molecule has 8 heteroatoms. The van der Waals surface area contributed by atoms with Crippen LogP contribution in [0.1, 0.15) is 0 Å². The van der Waals surface area contributed by atoms with E-state index in [0.29, 0.717) is 27.3 Å². The molecule has 102 valence electrons. The Balaban J connectivity index is 2.11. The summed E-state index contributed by atoms with van der Waals surface area (Å²) in [6.07, 6.45) is 1.33. The van der Waals surface area contributed by atoms with E-state index in [0.717, 1.165) is 0 Å². The van der Waals surface area contributed by atoms with Crippen molar-refractivity contribution < 1.29 is 13.5 Å². The molecule has 0 radical (unpaired) electrons. The summed E-state index contributed by atoms with van der Waals surface area (Å²) in [7, 11) is 0. The highest BCUT2D eigenvalue weighted by atomic mass is 35.5. The molecule has 3 aromatic rings. The normalized spacial score (nSPS) is 11.2. The predicted molar refractivity (Wildman–Crippen MR) is 68.8 cm³/mol. The van der Waals surface area contributed by atoms with Crippen molar-refractivity contribution in [1.29, 1.82) is 0 Å². The van der Waals surface area contributed by atoms with Gasteiger partial charge in [0.2, 0.25) is 0 Å². The van der Waals surface area contributed by atoms with E-state index in [1.165, 1.54) is 6.20 Å². The molecule has 1 aromatic carbocycles. The van der Waals surface area contributed by atoms with E-state index in [2.05, 4.69) is 24.9 Å². The van der Waals surface area contributed by atoms with Crippen LogP contribution in [-0.4, -0.2) is 26.8 Å². The van der Waals surface area contributed by atoms with Gasteiger partial charge < -0.3 is 4.74 Å². The summed E-state index contributed by atoms with van der Waals surface area (Å²) in [5.41, 5.74) is 2.11. The molecule has 0 aliphatic heterocycles. The molecule has 5 nitrogen and oxygen atoms in total. The topological polar surface area (TPSA) is 63.7 Å². The van der Waals surface area contributed by atoms with Crippen molar-refractivity contribution in [2.75, 3.05) is 0 Å².